The molecule has 208 valence electrons. The molecule has 11 heteroatoms. The molecule has 5 rings (SSSR count). The Kier molecular flexibility index (Phi) is 6.76. The second kappa shape index (κ2) is 9.68. The van der Waals surface area contributed by atoms with Crippen LogP contribution >= 0.6 is 0 Å². The van der Waals surface area contributed by atoms with Crippen LogP contribution < -0.4 is 10.5 Å². The summed E-state index contributed by atoms with van der Waals surface area (Å²) in [4.78, 5) is 39.2. The number of ketones is 3. The molecule has 39 heavy (non-hydrogen) atoms. The zero-order chi connectivity index (χ0) is 28.4. The number of hydrogen-bond acceptors (Lipinski definition) is 11. The number of Topliss-reactive ketones (excluding diaryl/α,β-unsaturated/α-hetero) is 1. The van der Waals surface area contributed by atoms with Gasteiger partial charge in [-0.2, -0.15) is 0 Å². The average molecular weight is 542 g/mol. The smallest absolute Gasteiger partial charge is 0.202 e. The highest BCUT2D eigenvalue weighted by atomic mass is 16.7. The number of phenolic OH excluding ortho intramolecular Hbond substituents is 2. The first-order chi connectivity index (χ1) is 18.4. The fraction of sp³-hybridized carbons (Fsp3) is 0.464. The van der Waals surface area contributed by atoms with E-state index in [0.29, 0.717) is 0 Å². The van der Waals surface area contributed by atoms with Gasteiger partial charge in [-0.1, -0.05) is 12.1 Å². The molecule has 1 heterocycles. The number of fused-ring (bicyclic) bond motifs is 3. The Morgan fingerprint density at radius 2 is 1.85 bits per heavy atom. The Balaban J connectivity index is 1.67. The Morgan fingerprint density at radius 1 is 1.15 bits per heavy atom. The first kappa shape index (κ1) is 27.2. The van der Waals surface area contributed by atoms with Gasteiger partial charge < -0.3 is 40.4 Å². The fourth-order valence-electron chi connectivity index (χ4n) is 6.06. The zero-order valence-corrected chi connectivity index (χ0v) is 21.8. The highest BCUT2D eigenvalue weighted by molar-refractivity contribution is 6.31. The van der Waals surface area contributed by atoms with E-state index in [4.69, 9.17) is 19.9 Å². The number of methoxy groups -OCH3 is 1. The summed E-state index contributed by atoms with van der Waals surface area (Å²) < 4.78 is 17.2. The highest BCUT2D eigenvalue weighted by Gasteiger charge is 2.48. The quantitative estimate of drug-likeness (QED) is 0.294. The molecular formula is C28H31NO10. The second-order valence-corrected chi connectivity index (χ2v) is 10.7. The summed E-state index contributed by atoms with van der Waals surface area (Å²) in [6.07, 6.45) is -4.38. The van der Waals surface area contributed by atoms with Crippen LogP contribution in [0.1, 0.15) is 82.2 Å². The number of hydrogen-bond donors (Lipinski definition) is 5. The molecule has 0 radical (unpaired) electrons. The highest BCUT2D eigenvalue weighted by Crippen LogP contribution is 2.53. The first-order valence-electron chi connectivity index (χ1n) is 12.7. The Bertz CT molecular complexity index is 1380. The van der Waals surface area contributed by atoms with Crippen molar-refractivity contribution in [1.82, 2.24) is 0 Å². The molecule has 6 N–H and O–H groups in total. The minimum Gasteiger partial charge on any atom is -0.507 e. The van der Waals surface area contributed by atoms with Crippen LogP contribution in [0, 0.1) is 0 Å². The van der Waals surface area contributed by atoms with Crippen LogP contribution in [-0.4, -0.2) is 75.0 Å². The third kappa shape index (κ3) is 4.40. The van der Waals surface area contributed by atoms with Crippen molar-refractivity contribution in [1.29, 1.82) is 0 Å². The average Bonchev–Trinajstić information content (AvgIpc) is 2.86. The molecule has 11 nitrogen and oxygen atoms in total. The van der Waals surface area contributed by atoms with Gasteiger partial charge in [0.2, 0.25) is 5.78 Å². The van der Waals surface area contributed by atoms with Crippen molar-refractivity contribution in [3.05, 3.63) is 51.6 Å². The number of aromatic hydroxyl groups is 2. The van der Waals surface area contributed by atoms with Crippen molar-refractivity contribution in [3.8, 4) is 17.2 Å². The standard InChI is InChI=1S/C28H31NO10/c1-11(30)8-28(36)9-14-20(17(10-28)39-18-7-15(29)23(31)12(2)38-18)27(35)22-21(25(14)33)24(32)13-5-4-6-16(37-3)19(13)26(22)34/h4-6,12,15,17-18,23,31,33,35-36H,7-10,29H2,1-3H3/t12-,15-,17-,18+,23-,28+/m0/s1. The van der Waals surface area contributed by atoms with Gasteiger partial charge in [-0.3, -0.25) is 14.4 Å². The number of nitrogens with two attached hydrogens (primary N) is 1. The number of carbonyl (C=O) groups excluding carboxylic acids is 3. The number of aliphatic hydroxyl groups excluding tert-OH is 1. The van der Waals surface area contributed by atoms with Gasteiger partial charge in [0.05, 0.1) is 47.7 Å². The first-order valence-corrected chi connectivity index (χ1v) is 12.7. The molecule has 2 aliphatic carbocycles. The number of aliphatic hydroxyl groups is 2. The van der Waals surface area contributed by atoms with Gasteiger partial charge in [0.15, 0.2) is 12.1 Å². The largest absolute Gasteiger partial charge is 0.507 e. The number of ether oxygens (including phenoxy) is 3. The number of phenols is 2. The third-order valence-electron chi connectivity index (χ3n) is 7.80. The van der Waals surface area contributed by atoms with E-state index in [1.165, 1.54) is 32.2 Å². The van der Waals surface area contributed by atoms with Gasteiger partial charge in [-0.15, -0.1) is 0 Å². The van der Waals surface area contributed by atoms with Gasteiger partial charge in [0.1, 0.15) is 23.0 Å². The van der Waals surface area contributed by atoms with E-state index in [0.717, 1.165) is 0 Å². The minimum absolute atomic E-state index is 0.00115. The van der Waals surface area contributed by atoms with Gasteiger partial charge in [0, 0.05) is 48.4 Å². The van der Waals surface area contributed by atoms with Crippen LogP contribution in [0.2, 0.25) is 0 Å². The second-order valence-electron chi connectivity index (χ2n) is 10.7. The van der Waals surface area contributed by atoms with E-state index in [2.05, 4.69) is 0 Å². The van der Waals surface area contributed by atoms with Crippen molar-refractivity contribution in [2.45, 2.75) is 75.8 Å². The number of rotatable bonds is 5. The lowest BCUT2D eigenvalue weighted by Gasteiger charge is -2.42. The summed E-state index contributed by atoms with van der Waals surface area (Å²) >= 11 is 0. The summed E-state index contributed by atoms with van der Waals surface area (Å²) in [5.41, 5.74) is 3.52. The third-order valence-corrected chi connectivity index (χ3v) is 7.80. The predicted octanol–water partition coefficient (Wildman–Crippen LogP) is 1.42. The summed E-state index contributed by atoms with van der Waals surface area (Å²) in [6.45, 7) is 2.93. The van der Waals surface area contributed by atoms with E-state index >= 15 is 0 Å². The lowest BCUT2D eigenvalue weighted by Crippen LogP contribution is -2.52. The maximum absolute atomic E-state index is 13.7. The molecule has 0 saturated carbocycles. The summed E-state index contributed by atoms with van der Waals surface area (Å²) in [5.74, 6) is -2.75. The molecule has 6 atom stereocenters. The normalized spacial score (nSPS) is 29.8. The van der Waals surface area contributed by atoms with Gasteiger partial charge in [0.25, 0.3) is 0 Å². The summed E-state index contributed by atoms with van der Waals surface area (Å²) in [7, 11) is 1.35. The molecule has 0 unspecified atom stereocenters. The molecule has 0 aromatic heterocycles. The molecule has 0 bridgehead atoms. The molecule has 1 aliphatic heterocycles. The molecule has 1 saturated heterocycles. The minimum atomic E-state index is -1.69. The van der Waals surface area contributed by atoms with Crippen LogP contribution in [0.3, 0.4) is 0 Å². The molecule has 2 aromatic carbocycles. The van der Waals surface area contributed by atoms with E-state index in [1.54, 1.807) is 6.92 Å². The molecule has 0 amide bonds. The van der Waals surface area contributed by atoms with Crippen molar-refractivity contribution < 1.29 is 49.0 Å². The van der Waals surface area contributed by atoms with Crippen LogP contribution in [0.5, 0.6) is 17.2 Å². The van der Waals surface area contributed by atoms with Gasteiger partial charge >= 0.3 is 0 Å². The Labute approximate surface area is 224 Å². The van der Waals surface area contributed by atoms with Gasteiger partial charge in [-0.25, -0.2) is 0 Å². The van der Waals surface area contributed by atoms with E-state index in [-0.39, 0.29) is 59.5 Å². The topological polar surface area (TPSA) is 186 Å². The summed E-state index contributed by atoms with van der Waals surface area (Å²) in [6, 6.07) is 3.79. The molecule has 0 spiro atoms. The number of benzene rings is 2. The molecular weight excluding hydrogens is 510 g/mol. The predicted molar refractivity (Wildman–Crippen MR) is 135 cm³/mol. The molecule has 2 aromatic rings. The molecule has 1 fully saturated rings. The fourth-order valence-corrected chi connectivity index (χ4v) is 6.06. The van der Waals surface area contributed by atoms with Crippen LogP contribution in [-0.2, 0) is 20.7 Å². The van der Waals surface area contributed by atoms with E-state index in [1.807, 2.05) is 0 Å². The van der Waals surface area contributed by atoms with E-state index in [9.17, 15) is 34.8 Å². The van der Waals surface area contributed by atoms with E-state index < -0.39 is 70.4 Å². The monoisotopic (exact) mass is 541 g/mol. The van der Waals surface area contributed by atoms with Crippen molar-refractivity contribution in [3.63, 3.8) is 0 Å². The van der Waals surface area contributed by atoms with Gasteiger partial charge in [-0.05, 0) is 19.9 Å². The van der Waals surface area contributed by atoms with Crippen molar-refractivity contribution in [2.24, 2.45) is 5.73 Å². The SMILES string of the molecule is COc1cccc2c1C(=O)c1c(O)c3c(c(O)c1C2=O)C[C@](O)(CC(C)=O)C[C@@H]3O[C@@H]1C[C@H](N)[C@@H](O)[C@H](C)O1. The lowest BCUT2D eigenvalue weighted by molar-refractivity contribution is -0.247. The zero-order valence-electron chi connectivity index (χ0n) is 21.8. The van der Waals surface area contributed by atoms with Crippen LogP contribution in [0.25, 0.3) is 0 Å². The number of carbonyl (C=O) groups is 3. The Morgan fingerprint density at radius 3 is 2.49 bits per heavy atom. The van der Waals surface area contributed by atoms with Crippen LogP contribution in [0.4, 0.5) is 0 Å². The molecule has 3 aliphatic rings. The maximum Gasteiger partial charge on any atom is 0.202 e. The van der Waals surface area contributed by atoms with Crippen molar-refractivity contribution in [2.75, 3.05) is 7.11 Å². The van der Waals surface area contributed by atoms with Crippen molar-refractivity contribution >= 4 is 17.3 Å². The maximum atomic E-state index is 13.7. The van der Waals surface area contributed by atoms with Crippen LogP contribution in [0.15, 0.2) is 18.2 Å². The lowest BCUT2D eigenvalue weighted by atomic mass is 9.71. The Hall–Kier alpha value is -3.35. The summed E-state index contributed by atoms with van der Waals surface area (Å²) in [5, 5.41) is 44.5.